The minimum Gasteiger partial charge on any atom is -0.497 e. The predicted octanol–water partition coefficient (Wildman–Crippen LogP) is 4.29. The minimum atomic E-state index is -4.31. The lowest BCUT2D eigenvalue weighted by Crippen LogP contribution is -2.46. The van der Waals surface area contributed by atoms with Crippen molar-refractivity contribution in [3.05, 3.63) is 53.9 Å². The molecule has 1 aromatic carbocycles. The summed E-state index contributed by atoms with van der Waals surface area (Å²) in [7, 11) is 1.58. The van der Waals surface area contributed by atoms with Crippen molar-refractivity contribution in [3.63, 3.8) is 0 Å². The Morgan fingerprint density at radius 1 is 1.18 bits per heavy atom. The topological polar surface area (TPSA) is 58.1 Å². The molecule has 180 valence electrons. The van der Waals surface area contributed by atoms with Crippen LogP contribution in [-0.4, -0.2) is 62.0 Å². The Morgan fingerprint density at radius 3 is 2.59 bits per heavy atom. The average Bonchev–Trinajstić information content (AvgIpc) is 3.25. The number of aromatic nitrogens is 1. The van der Waals surface area contributed by atoms with E-state index in [-0.39, 0.29) is 19.1 Å². The summed E-state index contributed by atoms with van der Waals surface area (Å²) in [6.07, 6.45) is -2.02. The summed E-state index contributed by atoms with van der Waals surface area (Å²) in [5.41, 5.74) is 3.30. The number of halogens is 3. The number of carbonyl (C=O) groups is 1. The quantitative estimate of drug-likeness (QED) is 0.647. The van der Waals surface area contributed by atoms with Gasteiger partial charge in [0.2, 0.25) is 0 Å². The van der Waals surface area contributed by atoms with Crippen LogP contribution in [0.25, 0.3) is 5.70 Å². The predicted molar refractivity (Wildman–Crippen MR) is 121 cm³/mol. The maximum absolute atomic E-state index is 13.5. The van der Waals surface area contributed by atoms with Crippen LogP contribution in [-0.2, 0) is 11.3 Å². The zero-order chi connectivity index (χ0) is 23.9. The number of carbonyl (C=O) groups excluding carboxylic acids is 1. The number of methoxy groups -OCH3 is 1. The van der Waals surface area contributed by atoms with Crippen molar-refractivity contribution >= 4 is 23.1 Å². The lowest BCUT2D eigenvalue weighted by molar-refractivity contribution is -0.141. The van der Waals surface area contributed by atoms with Crippen molar-refractivity contribution in [2.45, 2.75) is 19.1 Å². The first-order valence-corrected chi connectivity index (χ1v) is 11.2. The summed E-state index contributed by atoms with van der Waals surface area (Å²) < 4.78 is 49.9. The number of rotatable bonds is 5. The average molecular weight is 474 g/mol. The Labute approximate surface area is 195 Å². The Bertz CT molecular complexity index is 1100. The number of urea groups is 1. The van der Waals surface area contributed by atoms with Crippen LogP contribution in [0.2, 0.25) is 0 Å². The number of benzene rings is 1. The number of hydrogen-bond acceptors (Lipinski definition) is 5. The molecule has 1 saturated heterocycles. The van der Waals surface area contributed by atoms with E-state index < -0.39 is 18.5 Å². The SMILES string of the molecule is COc1ccc(CN2C(=O)N3CC(CC(F)(F)F)C=C3c3ncc(N4CCOCC4)cc32)cc1. The van der Waals surface area contributed by atoms with Gasteiger partial charge in [-0.25, -0.2) is 4.79 Å². The monoisotopic (exact) mass is 474 g/mol. The van der Waals surface area contributed by atoms with E-state index in [2.05, 4.69) is 9.88 Å². The molecule has 1 aromatic heterocycles. The second kappa shape index (κ2) is 8.83. The van der Waals surface area contributed by atoms with Gasteiger partial charge in [-0.15, -0.1) is 0 Å². The molecule has 10 heteroatoms. The summed E-state index contributed by atoms with van der Waals surface area (Å²) >= 11 is 0. The summed E-state index contributed by atoms with van der Waals surface area (Å²) in [6.45, 7) is 2.86. The third-order valence-electron chi connectivity index (χ3n) is 6.32. The number of pyridine rings is 1. The fourth-order valence-electron chi connectivity index (χ4n) is 4.66. The first kappa shape index (κ1) is 22.5. The van der Waals surface area contributed by atoms with Gasteiger partial charge in [0, 0.05) is 25.6 Å². The standard InChI is InChI=1S/C24H25F3N4O3/c1-33-19-4-2-16(3-5-19)14-30-21-11-18(29-6-8-34-9-7-29)13-28-22(21)20-10-17(12-24(25,26)27)15-31(20)23(30)32/h2-5,10-11,13,17H,6-9,12,14-15H2,1H3. The number of ether oxygens (including phenoxy) is 2. The summed E-state index contributed by atoms with van der Waals surface area (Å²) in [5.74, 6) is -0.0985. The Kier molecular flexibility index (Phi) is 5.85. The van der Waals surface area contributed by atoms with Crippen LogP contribution in [0.4, 0.5) is 29.3 Å². The lowest BCUT2D eigenvalue weighted by Gasteiger charge is -2.37. The molecule has 2 amide bonds. The van der Waals surface area contributed by atoms with Crippen LogP contribution in [0, 0.1) is 5.92 Å². The van der Waals surface area contributed by atoms with Crippen LogP contribution in [0.15, 0.2) is 42.6 Å². The second-order valence-electron chi connectivity index (χ2n) is 8.62. The highest BCUT2D eigenvalue weighted by Gasteiger charge is 2.43. The molecule has 2 aromatic rings. The van der Waals surface area contributed by atoms with E-state index in [1.165, 1.54) is 11.0 Å². The van der Waals surface area contributed by atoms with E-state index in [1.807, 2.05) is 30.3 Å². The van der Waals surface area contributed by atoms with E-state index in [0.29, 0.717) is 49.1 Å². The van der Waals surface area contributed by atoms with Crippen LogP contribution in [0.3, 0.4) is 0 Å². The number of amides is 2. The van der Waals surface area contributed by atoms with Crippen LogP contribution >= 0.6 is 0 Å². The zero-order valence-corrected chi connectivity index (χ0v) is 18.7. The van der Waals surface area contributed by atoms with Crippen LogP contribution < -0.4 is 14.5 Å². The number of alkyl halides is 3. The van der Waals surface area contributed by atoms with Crippen molar-refractivity contribution in [3.8, 4) is 5.75 Å². The molecule has 1 unspecified atom stereocenters. The van der Waals surface area contributed by atoms with E-state index in [9.17, 15) is 18.0 Å². The molecular weight excluding hydrogens is 449 g/mol. The molecule has 1 atom stereocenters. The number of fused-ring (bicyclic) bond motifs is 3. The van der Waals surface area contributed by atoms with Gasteiger partial charge in [0.05, 0.1) is 56.6 Å². The molecule has 5 rings (SSSR count). The first-order valence-electron chi connectivity index (χ1n) is 11.2. The molecule has 0 aliphatic carbocycles. The third-order valence-corrected chi connectivity index (χ3v) is 6.32. The van der Waals surface area contributed by atoms with E-state index in [4.69, 9.17) is 9.47 Å². The molecule has 0 radical (unpaired) electrons. The summed E-state index contributed by atoms with van der Waals surface area (Å²) in [5, 5.41) is 0. The van der Waals surface area contributed by atoms with Crippen molar-refractivity contribution < 1.29 is 27.4 Å². The second-order valence-corrected chi connectivity index (χ2v) is 8.62. The van der Waals surface area contributed by atoms with Gasteiger partial charge in [0.25, 0.3) is 0 Å². The van der Waals surface area contributed by atoms with Crippen LogP contribution in [0.5, 0.6) is 5.75 Å². The van der Waals surface area contributed by atoms with Crippen molar-refractivity contribution in [2.75, 3.05) is 49.8 Å². The molecule has 3 aliphatic heterocycles. The number of nitrogens with zero attached hydrogens (tertiary/aromatic N) is 4. The lowest BCUT2D eigenvalue weighted by atomic mass is 10.1. The fraction of sp³-hybridized carbons (Fsp3) is 0.417. The van der Waals surface area contributed by atoms with Gasteiger partial charge in [-0.2, -0.15) is 13.2 Å². The molecule has 0 bridgehead atoms. The highest BCUT2D eigenvalue weighted by molar-refractivity contribution is 6.05. The smallest absolute Gasteiger partial charge is 0.389 e. The zero-order valence-electron chi connectivity index (χ0n) is 18.7. The van der Waals surface area contributed by atoms with E-state index in [0.717, 1.165) is 11.3 Å². The Morgan fingerprint density at radius 2 is 1.91 bits per heavy atom. The molecule has 7 nitrogen and oxygen atoms in total. The molecule has 1 fully saturated rings. The van der Waals surface area contributed by atoms with Crippen molar-refractivity contribution in [2.24, 2.45) is 5.92 Å². The minimum absolute atomic E-state index is 0.0148. The molecular formula is C24H25F3N4O3. The van der Waals surface area contributed by atoms with Crippen molar-refractivity contribution in [1.82, 2.24) is 9.88 Å². The van der Waals surface area contributed by atoms with Gasteiger partial charge in [-0.1, -0.05) is 18.2 Å². The van der Waals surface area contributed by atoms with Gasteiger partial charge in [0.1, 0.15) is 11.4 Å². The van der Waals surface area contributed by atoms with Gasteiger partial charge < -0.3 is 14.4 Å². The molecule has 4 heterocycles. The Balaban J connectivity index is 1.52. The van der Waals surface area contributed by atoms with Gasteiger partial charge in [-0.05, 0) is 23.8 Å². The highest BCUT2D eigenvalue weighted by atomic mass is 19.4. The largest absolute Gasteiger partial charge is 0.497 e. The Hall–Kier alpha value is -3.27. The highest BCUT2D eigenvalue weighted by Crippen LogP contribution is 2.43. The van der Waals surface area contributed by atoms with Gasteiger partial charge in [-0.3, -0.25) is 14.8 Å². The van der Waals surface area contributed by atoms with Gasteiger partial charge >= 0.3 is 12.2 Å². The number of hydrogen-bond donors (Lipinski definition) is 0. The van der Waals surface area contributed by atoms with Crippen molar-refractivity contribution in [1.29, 1.82) is 0 Å². The summed E-state index contributed by atoms with van der Waals surface area (Å²) in [4.78, 5) is 23.3. The molecule has 0 saturated carbocycles. The van der Waals surface area contributed by atoms with E-state index in [1.54, 1.807) is 18.2 Å². The van der Waals surface area contributed by atoms with Crippen LogP contribution in [0.1, 0.15) is 17.7 Å². The summed E-state index contributed by atoms with van der Waals surface area (Å²) in [6, 6.07) is 8.92. The molecule has 3 aliphatic rings. The maximum atomic E-state index is 13.5. The third kappa shape index (κ3) is 4.42. The first-order chi connectivity index (χ1) is 16.3. The molecule has 0 spiro atoms. The number of morpholine rings is 1. The fourth-order valence-corrected chi connectivity index (χ4v) is 4.66. The number of anilines is 2. The van der Waals surface area contributed by atoms with Gasteiger partial charge in [0.15, 0.2) is 0 Å². The molecule has 34 heavy (non-hydrogen) atoms. The maximum Gasteiger partial charge on any atom is 0.389 e. The molecule has 0 N–H and O–H groups in total. The van der Waals surface area contributed by atoms with E-state index >= 15 is 0 Å². The normalized spacial score (nSPS) is 20.2.